The van der Waals surface area contributed by atoms with Gasteiger partial charge in [0.1, 0.15) is 16.4 Å². The molecule has 8 heteroatoms. The second kappa shape index (κ2) is 7.71. The number of methoxy groups -OCH3 is 1. The van der Waals surface area contributed by atoms with Crippen LogP contribution >= 0.6 is 0 Å². The Bertz CT molecular complexity index is 760. The maximum absolute atomic E-state index is 12.3. The van der Waals surface area contributed by atoms with Gasteiger partial charge < -0.3 is 19.5 Å². The van der Waals surface area contributed by atoms with Crippen LogP contribution in [0.25, 0.3) is 6.08 Å². The van der Waals surface area contributed by atoms with Crippen molar-refractivity contribution in [3.63, 3.8) is 0 Å². The van der Waals surface area contributed by atoms with Crippen molar-refractivity contribution >= 4 is 17.3 Å². The van der Waals surface area contributed by atoms with Gasteiger partial charge >= 0.3 is 5.03 Å². The van der Waals surface area contributed by atoms with Crippen LogP contribution in [-0.2, 0) is 16.9 Å². The molecule has 0 aliphatic rings. The zero-order valence-electron chi connectivity index (χ0n) is 12.7. The number of nitro groups is 1. The SMILES string of the molecule is COc1ccc(C[S+]([O-])C(=Cc2ccc(O)c(O)c2)[N+](=O)[O-])cc1. The summed E-state index contributed by atoms with van der Waals surface area (Å²) < 4.78 is 17.3. The van der Waals surface area contributed by atoms with E-state index in [0.29, 0.717) is 11.3 Å². The molecule has 0 aromatic heterocycles. The first-order valence-corrected chi connectivity index (χ1v) is 8.12. The molecule has 0 amide bonds. The third-order valence-electron chi connectivity index (χ3n) is 3.16. The second-order valence-electron chi connectivity index (χ2n) is 4.83. The van der Waals surface area contributed by atoms with Gasteiger partial charge in [-0.2, -0.15) is 0 Å². The van der Waals surface area contributed by atoms with Gasteiger partial charge in [0, 0.05) is 5.56 Å². The zero-order valence-corrected chi connectivity index (χ0v) is 13.5. The first-order valence-electron chi connectivity index (χ1n) is 6.80. The number of phenols is 2. The molecule has 7 nitrogen and oxygen atoms in total. The number of nitrogens with zero attached hydrogens (tertiary/aromatic N) is 1. The van der Waals surface area contributed by atoms with Gasteiger partial charge in [-0.15, -0.1) is 0 Å². The van der Waals surface area contributed by atoms with Gasteiger partial charge in [-0.25, -0.2) is 0 Å². The largest absolute Gasteiger partial charge is 0.606 e. The molecule has 0 bridgehead atoms. The van der Waals surface area contributed by atoms with E-state index in [-0.39, 0.29) is 17.1 Å². The predicted molar refractivity (Wildman–Crippen MR) is 89.6 cm³/mol. The Labute approximate surface area is 141 Å². The molecular weight excluding hydrogens is 334 g/mol. The van der Waals surface area contributed by atoms with E-state index >= 15 is 0 Å². The Balaban J connectivity index is 2.23. The van der Waals surface area contributed by atoms with E-state index in [1.54, 1.807) is 24.3 Å². The minimum Gasteiger partial charge on any atom is -0.606 e. The van der Waals surface area contributed by atoms with Crippen molar-refractivity contribution in [3.8, 4) is 17.2 Å². The Morgan fingerprint density at radius 1 is 1.21 bits per heavy atom. The van der Waals surface area contributed by atoms with Crippen LogP contribution in [0.1, 0.15) is 11.1 Å². The van der Waals surface area contributed by atoms with Gasteiger partial charge in [0.25, 0.3) is 0 Å². The Hall–Kier alpha value is -2.71. The average molecular weight is 349 g/mol. The highest BCUT2D eigenvalue weighted by Crippen LogP contribution is 2.27. The predicted octanol–water partition coefficient (Wildman–Crippen LogP) is 2.63. The summed E-state index contributed by atoms with van der Waals surface area (Å²) in [6.45, 7) is 0. The monoisotopic (exact) mass is 349 g/mol. The number of hydrogen-bond donors (Lipinski definition) is 2. The third kappa shape index (κ3) is 4.40. The summed E-state index contributed by atoms with van der Waals surface area (Å²) in [7, 11) is 1.52. The van der Waals surface area contributed by atoms with Crippen LogP contribution in [0.15, 0.2) is 47.5 Å². The fourth-order valence-corrected chi connectivity index (χ4v) is 3.00. The number of hydrogen-bond acceptors (Lipinski definition) is 6. The average Bonchev–Trinajstić information content (AvgIpc) is 2.56. The molecule has 0 fully saturated rings. The van der Waals surface area contributed by atoms with Crippen molar-refractivity contribution in [1.82, 2.24) is 0 Å². The van der Waals surface area contributed by atoms with Gasteiger partial charge in [0.05, 0.1) is 24.4 Å². The van der Waals surface area contributed by atoms with E-state index in [4.69, 9.17) is 4.74 Å². The second-order valence-corrected chi connectivity index (χ2v) is 6.22. The molecule has 0 saturated heterocycles. The first-order chi connectivity index (χ1) is 11.4. The summed E-state index contributed by atoms with van der Waals surface area (Å²) in [5.41, 5.74) is 0.926. The minimum absolute atomic E-state index is 0.0269. The van der Waals surface area contributed by atoms with Gasteiger partial charge in [-0.05, 0) is 29.8 Å². The summed E-state index contributed by atoms with van der Waals surface area (Å²) in [5, 5.41) is 29.4. The molecule has 126 valence electrons. The van der Waals surface area contributed by atoms with Crippen LogP contribution in [0.5, 0.6) is 17.2 Å². The Morgan fingerprint density at radius 2 is 1.88 bits per heavy atom. The molecular formula is C16H15NO6S. The van der Waals surface area contributed by atoms with Gasteiger partial charge in [-0.3, -0.25) is 10.1 Å². The zero-order chi connectivity index (χ0) is 17.7. The molecule has 2 aromatic rings. The fraction of sp³-hybridized carbons (Fsp3) is 0.125. The Kier molecular flexibility index (Phi) is 5.67. The molecule has 0 saturated carbocycles. The lowest BCUT2D eigenvalue weighted by Crippen LogP contribution is -2.14. The van der Waals surface area contributed by atoms with Crippen molar-refractivity contribution < 1.29 is 24.4 Å². The maximum Gasteiger partial charge on any atom is 0.441 e. The lowest BCUT2D eigenvalue weighted by Gasteiger charge is -2.08. The van der Waals surface area contributed by atoms with Crippen molar-refractivity contribution in [2.24, 2.45) is 0 Å². The lowest BCUT2D eigenvalue weighted by molar-refractivity contribution is -0.410. The third-order valence-corrected chi connectivity index (χ3v) is 4.49. The maximum atomic E-state index is 12.3. The smallest absolute Gasteiger partial charge is 0.441 e. The topological polar surface area (TPSA) is 116 Å². The van der Waals surface area contributed by atoms with Crippen LogP contribution in [0.3, 0.4) is 0 Å². The van der Waals surface area contributed by atoms with Crippen molar-refractivity contribution in [1.29, 1.82) is 0 Å². The first kappa shape index (κ1) is 17.6. The summed E-state index contributed by atoms with van der Waals surface area (Å²) in [5.74, 6) is -0.142. The molecule has 1 unspecified atom stereocenters. The molecule has 1 atom stereocenters. The molecule has 0 aliphatic heterocycles. The van der Waals surface area contributed by atoms with Crippen LogP contribution in [0.4, 0.5) is 0 Å². The molecule has 0 spiro atoms. The number of rotatable bonds is 6. The molecule has 2 rings (SSSR count). The van der Waals surface area contributed by atoms with Gasteiger partial charge in [0.2, 0.25) is 0 Å². The number of aromatic hydroxyl groups is 2. The highest BCUT2D eigenvalue weighted by atomic mass is 32.2. The van der Waals surface area contributed by atoms with E-state index in [1.807, 2.05) is 0 Å². The Morgan fingerprint density at radius 3 is 2.42 bits per heavy atom. The summed E-state index contributed by atoms with van der Waals surface area (Å²) in [4.78, 5) is 10.5. The van der Waals surface area contributed by atoms with E-state index < -0.39 is 26.9 Å². The number of ether oxygens (including phenoxy) is 1. The molecule has 24 heavy (non-hydrogen) atoms. The van der Waals surface area contributed by atoms with Crippen molar-refractivity contribution in [3.05, 3.63) is 68.7 Å². The highest BCUT2D eigenvalue weighted by Gasteiger charge is 2.27. The van der Waals surface area contributed by atoms with Crippen LogP contribution in [0, 0.1) is 10.1 Å². The van der Waals surface area contributed by atoms with Crippen molar-refractivity contribution in [2.75, 3.05) is 7.11 Å². The lowest BCUT2D eigenvalue weighted by atomic mass is 10.2. The highest BCUT2D eigenvalue weighted by molar-refractivity contribution is 7.94. The quantitative estimate of drug-likeness (QED) is 0.358. The standard InChI is InChI=1S/C16H15NO6S/c1-23-13-5-2-11(3-6-13)10-24(22)16(17(20)21)9-12-4-7-14(18)15(19)8-12/h2-9,18-19H,10H2,1H3. The molecule has 0 heterocycles. The van der Waals surface area contributed by atoms with Gasteiger partial charge in [-0.1, -0.05) is 18.2 Å². The van der Waals surface area contributed by atoms with Crippen LogP contribution in [-0.4, -0.2) is 26.8 Å². The summed E-state index contributed by atoms with van der Waals surface area (Å²) >= 11 is -1.88. The normalized spacial score (nSPS) is 12.7. The fourth-order valence-electron chi connectivity index (χ4n) is 1.92. The molecule has 0 aliphatic carbocycles. The van der Waals surface area contributed by atoms with Crippen LogP contribution < -0.4 is 4.74 Å². The van der Waals surface area contributed by atoms with E-state index in [2.05, 4.69) is 0 Å². The summed E-state index contributed by atoms with van der Waals surface area (Å²) in [6, 6.07) is 10.5. The van der Waals surface area contributed by atoms with Gasteiger partial charge in [0.15, 0.2) is 11.5 Å². The molecule has 2 N–H and O–H groups in total. The molecule has 0 radical (unpaired) electrons. The molecule has 2 aromatic carbocycles. The number of benzene rings is 2. The summed E-state index contributed by atoms with van der Waals surface area (Å²) in [6.07, 6.45) is 1.11. The van der Waals surface area contributed by atoms with Crippen molar-refractivity contribution in [2.45, 2.75) is 5.75 Å². The van der Waals surface area contributed by atoms with E-state index in [9.17, 15) is 24.9 Å². The van der Waals surface area contributed by atoms with Crippen LogP contribution in [0.2, 0.25) is 0 Å². The number of phenolic OH excluding ortho intramolecular Hbond substituents is 2. The van der Waals surface area contributed by atoms with E-state index in [1.165, 1.54) is 19.2 Å². The van der Waals surface area contributed by atoms with E-state index in [0.717, 1.165) is 12.1 Å². The minimum atomic E-state index is -1.88.